The topological polar surface area (TPSA) is 94.8 Å². The van der Waals surface area contributed by atoms with E-state index >= 15 is 0 Å². The Hall–Kier alpha value is -1.10. The quantitative estimate of drug-likeness (QED) is 0.533. The maximum absolute atomic E-state index is 10.5. The van der Waals surface area contributed by atoms with Crippen LogP contribution in [-0.2, 0) is 9.59 Å². The molecule has 5 heteroatoms. The Labute approximate surface area is 68.6 Å². The zero-order chi connectivity index (χ0) is 9.35. The van der Waals surface area contributed by atoms with Crippen molar-refractivity contribution in [2.24, 2.45) is 5.92 Å². The first kappa shape index (κ1) is 8.99. The van der Waals surface area contributed by atoms with Gasteiger partial charge in [-0.05, 0) is 19.3 Å². The number of carboxylic acid groups (broad SMARTS) is 2. The van der Waals surface area contributed by atoms with Crippen LogP contribution in [0, 0.1) is 5.92 Å². The molecular weight excluding hydrogens is 164 g/mol. The van der Waals surface area contributed by atoms with Gasteiger partial charge in [-0.2, -0.15) is 0 Å². The van der Waals surface area contributed by atoms with Crippen molar-refractivity contribution < 1.29 is 24.9 Å². The van der Waals surface area contributed by atoms with Gasteiger partial charge in [0, 0.05) is 0 Å². The molecule has 0 radical (unpaired) electrons. The molecule has 0 aromatic carbocycles. The fraction of sp³-hybridized carbons (Fsp3) is 0.714. The van der Waals surface area contributed by atoms with Crippen LogP contribution < -0.4 is 0 Å². The van der Waals surface area contributed by atoms with Gasteiger partial charge in [-0.1, -0.05) is 0 Å². The van der Waals surface area contributed by atoms with Gasteiger partial charge in [0.25, 0.3) is 0 Å². The standard InChI is InChI=1S/C7H10O5/c8-5(9)4-2-1-3-7(4,12)6(10)11/h4,12H,1-3H2,(H,8,9)(H,10,11)/t4-,7+/m1/s1. The summed E-state index contributed by atoms with van der Waals surface area (Å²) in [5.41, 5.74) is -2.05. The summed E-state index contributed by atoms with van der Waals surface area (Å²) in [5.74, 6) is -3.83. The van der Waals surface area contributed by atoms with E-state index in [1.807, 2.05) is 0 Å². The fourth-order valence-corrected chi connectivity index (χ4v) is 1.57. The Morgan fingerprint density at radius 2 is 1.92 bits per heavy atom. The third kappa shape index (κ3) is 1.16. The monoisotopic (exact) mass is 174 g/mol. The van der Waals surface area contributed by atoms with Gasteiger partial charge < -0.3 is 15.3 Å². The summed E-state index contributed by atoms with van der Waals surface area (Å²) in [4.78, 5) is 21.0. The molecule has 1 saturated carbocycles. The molecule has 0 bridgehead atoms. The Kier molecular flexibility index (Phi) is 2.06. The molecule has 5 nitrogen and oxygen atoms in total. The lowest BCUT2D eigenvalue weighted by atomic mass is 9.91. The van der Waals surface area contributed by atoms with Crippen molar-refractivity contribution in [3.8, 4) is 0 Å². The van der Waals surface area contributed by atoms with Crippen molar-refractivity contribution in [1.29, 1.82) is 0 Å². The van der Waals surface area contributed by atoms with Gasteiger partial charge in [0.15, 0.2) is 5.60 Å². The predicted octanol–water partition coefficient (Wildman–Crippen LogP) is -0.313. The Balaban J connectivity index is 2.89. The molecule has 0 aromatic heterocycles. The minimum atomic E-state index is -2.05. The molecule has 1 rings (SSSR count). The van der Waals surface area contributed by atoms with Gasteiger partial charge >= 0.3 is 11.9 Å². The van der Waals surface area contributed by atoms with Crippen molar-refractivity contribution in [3.63, 3.8) is 0 Å². The molecule has 0 saturated heterocycles. The first-order valence-electron chi connectivity index (χ1n) is 3.67. The highest BCUT2D eigenvalue weighted by Gasteiger charge is 2.51. The van der Waals surface area contributed by atoms with E-state index < -0.39 is 23.5 Å². The van der Waals surface area contributed by atoms with Crippen LogP contribution in [0.2, 0.25) is 0 Å². The smallest absolute Gasteiger partial charge is 0.336 e. The second-order valence-corrected chi connectivity index (χ2v) is 3.01. The molecule has 0 unspecified atom stereocenters. The van der Waals surface area contributed by atoms with E-state index in [0.717, 1.165) is 0 Å². The molecule has 2 atom stereocenters. The van der Waals surface area contributed by atoms with Crippen molar-refractivity contribution in [2.45, 2.75) is 24.9 Å². The molecule has 1 aliphatic carbocycles. The Morgan fingerprint density at radius 1 is 1.33 bits per heavy atom. The summed E-state index contributed by atoms with van der Waals surface area (Å²) in [6.07, 6.45) is 0.706. The Bertz CT molecular complexity index is 224. The minimum Gasteiger partial charge on any atom is -0.481 e. The number of hydrogen-bond donors (Lipinski definition) is 3. The average molecular weight is 174 g/mol. The molecule has 68 valence electrons. The van der Waals surface area contributed by atoms with Crippen molar-refractivity contribution >= 4 is 11.9 Å². The normalized spacial score (nSPS) is 34.9. The highest BCUT2D eigenvalue weighted by Crippen LogP contribution is 2.35. The Morgan fingerprint density at radius 3 is 2.25 bits per heavy atom. The molecular formula is C7H10O5. The van der Waals surface area contributed by atoms with E-state index in [1.54, 1.807) is 0 Å². The van der Waals surface area contributed by atoms with Gasteiger partial charge in [-0.15, -0.1) is 0 Å². The van der Waals surface area contributed by atoms with Gasteiger partial charge in [-0.25, -0.2) is 4.79 Å². The molecule has 0 aromatic rings. The average Bonchev–Trinajstić information content (AvgIpc) is 2.32. The molecule has 0 aliphatic heterocycles. The van der Waals surface area contributed by atoms with E-state index in [9.17, 15) is 14.7 Å². The molecule has 12 heavy (non-hydrogen) atoms. The van der Waals surface area contributed by atoms with Gasteiger partial charge in [-0.3, -0.25) is 4.79 Å². The highest BCUT2D eigenvalue weighted by atomic mass is 16.4. The molecule has 3 N–H and O–H groups in total. The van der Waals surface area contributed by atoms with Crippen molar-refractivity contribution in [3.05, 3.63) is 0 Å². The predicted molar refractivity (Wildman–Crippen MR) is 37.6 cm³/mol. The van der Waals surface area contributed by atoms with Gasteiger partial charge in [0.2, 0.25) is 0 Å². The lowest BCUT2D eigenvalue weighted by Gasteiger charge is -2.21. The number of rotatable bonds is 2. The molecule has 1 fully saturated rings. The maximum atomic E-state index is 10.5. The second kappa shape index (κ2) is 2.75. The fourth-order valence-electron chi connectivity index (χ4n) is 1.57. The summed E-state index contributed by atoms with van der Waals surface area (Å²) in [6, 6.07) is 0. The SMILES string of the molecule is O=C(O)[C@H]1CCC[C@@]1(O)C(=O)O. The highest BCUT2D eigenvalue weighted by molar-refractivity contribution is 5.86. The molecule has 0 heterocycles. The first-order valence-corrected chi connectivity index (χ1v) is 3.67. The van der Waals surface area contributed by atoms with Crippen LogP contribution in [0.15, 0.2) is 0 Å². The number of aliphatic hydroxyl groups is 1. The second-order valence-electron chi connectivity index (χ2n) is 3.01. The first-order chi connectivity index (χ1) is 5.48. The summed E-state index contributed by atoms with van der Waals surface area (Å²) in [7, 11) is 0. The van der Waals surface area contributed by atoms with Crippen LogP contribution in [0.3, 0.4) is 0 Å². The van der Waals surface area contributed by atoms with E-state index in [0.29, 0.717) is 6.42 Å². The number of carboxylic acids is 2. The zero-order valence-corrected chi connectivity index (χ0v) is 6.36. The van der Waals surface area contributed by atoms with E-state index in [-0.39, 0.29) is 12.8 Å². The van der Waals surface area contributed by atoms with Gasteiger partial charge in [0.1, 0.15) is 0 Å². The van der Waals surface area contributed by atoms with Crippen LogP contribution in [0.25, 0.3) is 0 Å². The number of hydrogen-bond acceptors (Lipinski definition) is 3. The summed E-state index contributed by atoms with van der Waals surface area (Å²) in [5, 5.41) is 26.6. The zero-order valence-electron chi connectivity index (χ0n) is 6.36. The third-order valence-electron chi connectivity index (χ3n) is 2.30. The summed E-state index contributed by atoms with van der Waals surface area (Å²) < 4.78 is 0. The minimum absolute atomic E-state index is 0.0271. The number of carbonyl (C=O) groups is 2. The summed E-state index contributed by atoms with van der Waals surface area (Å²) in [6.45, 7) is 0. The molecule has 1 aliphatic rings. The van der Waals surface area contributed by atoms with Crippen LogP contribution >= 0.6 is 0 Å². The van der Waals surface area contributed by atoms with Crippen LogP contribution in [0.1, 0.15) is 19.3 Å². The van der Waals surface area contributed by atoms with Crippen molar-refractivity contribution in [1.82, 2.24) is 0 Å². The number of aliphatic carboxylic acids is 2. The summed E-state index contributed by atoms with van der Waals surface area (Å²) >= 11 is 0. The van der Waals surface area contributed by atoms with E-state index in [2.05, 4.69) is 0 Å². The van der Waals surface area contributed by atoms with Gasteiger partial charge in [0.05, 0.1) is 5.92 Å². The molecule has 0 amide bonds. The largest absolute Gasteiger partial charge is 0.481 e. The van der Waals surface area contributed by atoms with Crippen molar-refractivity contribution in [2.75, 3.05) is 0 Å². The lowest BCUT2D eigenvalue weighted by molar-refractivity contribution is -0.170. The lowest BCUT2D eigenvalue weighted by Crippen LogP contribution is -2.45. The van der Waals surface area contributed by atoms with E-state index in [1.165, 1.54) is 0 Å². The van der Waals surface area contributed by atoms with Crippen LogP contribution in [0.5, 0.6) is 0 Å². The van der Waals surface area contributed by atoms with E-state index in [4.69, 9.17) is 10.2 Å². The van der Waals surface area contributed by atoms with Crippen LogP contribution in [0.4, 0.5) is 0 Å². The third-order valence-corrected chi connectivity index (χ3v) is 2.30. The van der Waals surface area contributed by atoms with Crippen LogP contribution in [-0.4, -0.2) is 32.9 Å². The molecule has 0 spiro atoms. The maximum Gasteiger partial charge on any atom is 0.336 e.